The number of aryl methyl sites for hydroxylation is 1. The van der Waals surface area contributed by atoms with E-state index in [0.717, 1.165) is 37.9 Å². The molecule has 3 aromatic rings. The number of nitrogens with zero attached hydrogens (tertiary/aromatic N) is 3. The van der Waals surface area contributed by atoms with E-state index in [4.69, 9.17) is 4.42 Å². The van der Waals surface area contributed by atoms with Crippen molar-refractivity contribution < 1.29 is 9.21 Å². The molecule has 1 aliphatic rings. The quantitative estimate of drug-likeness (QED) is 0.733. The predicted octanol–water partition coefficient (Wildman–Crippen LogP) is 3.63. The number of oxazole rings is 1. The number of piperidine rings is 1. The Morgan fingerprint density at radius 3 is 3.04 bits per heavy atom. The molecule has 25 heavy (non-hydrogen) atoms. The lowest BCUT2D eigenvalue weighted by molar-refractivity contribution is 0.0666. The third kappa shape index (κ3) is 3.14. The van der Waals surface area contributed by atoms with Crippen molar-refractivity contribution in [3.63, 3.8) is 0 Å². The average molecular weight is 335 g/mol. The van der Waals surface area contributed by atoms with E-state index in [2.05, 4.69) is 28.2 Å². The summed E-state index contributed by atoms with van der Waals surface area (Å²) in [6.45, 7) is 3.34. The van der Waals surface area contributed by atoms with Gasteiger partial charge in [0.15, 0.2) is 12.1 Å². The molecule has 4 rings (SSSR count). The van der Waals surface area contributed by atoms with Gasteiger partial charge in [0.25, 0.3) is 5.91 Å². The molecule has 128 valence electrons. The number of carbonyl (C=O) groups excluding carboxylic acids is 1. The first-order chi connectivity index (χ1) is 12.2. The fourth-order valence-electron chi connectivity index (χ4n) is 3.73. The predicted molar refractivity (Wildman–Crippen MR) is 95.3 cm³/mol. The molecule has 3 heterocycles. The fraction of sp³-hybridized carbons (Fsp3) is 0.350. The number of rotatable bonds is 3. The molecule has 1 aromatic carbocycles. The largest absolute Gasteiger partial charge is 0.448 e. The zero-order valence-corrected chi connectivity index (χ0v) is 14.3. The minimum absolute atomic E-state index is 0.0180. The number of carbonyl (C=O) groups is 1. The van der Waals surface area contributed by atoms with Crippen LogP contribution < -0.4 is 0 Å². The van der Waals surface area contributed by atoms with Gasteiger partial charge in [-0.2, -0.15) is 0 Å². The summed E-state index contributed by atoms with van der Waals surface area (Å²) in [5, 5.41) is 1.21. The van der Waals surface area contributed by atoms with Gasteiger partial charge in [-0.1, -0.05) is 18.2 Å². The molecule has 0 bridgehead atoms. The fourth-order valence-corrected chi connectivity index (χ4v) is 3.73. The average Bonchev–Trinajstić information content (AvgIpc) is 3.08. The minimum Gasteiger partial charge on any atom is -0.448 e. The summed E-state index contributed by atoms with van der Waals surface area (Å²) in [6, 6.07) is 10.4. The standard InChI is InChI=1S/C20H21N3O2/c1-14-19(22-13-25-14)20(24)23-10-4-5-15(12-23)11-16-6-2-8-18-17(16)7-3-9-21-18/h2-3,6-9,13,15H,4-5,10-12H2,1H3. The van der Waals surface area contributed by atoms with E-state index in [1.54, 1.807) is 6.92 Å². The molecule has 5 nitrogen and oxygen atoms in total. The van der Waals surface area contributed by atoms with Crippen LogP contribution in [-0.4, -0.2) is 33.9 Å². The first kappa shape index (κ1) is 15.8. The highest BCUT2D eigenvalue weighted by Crippen LogP contribution is 2.26. The first-order valence-electron chi connectivity index (χ1n) is 8.74. The number of aromatic nitrogens is 2. The van der Waals surface area contributed by atoms with Gasteiger partial charge < -0.3 is 9.32 Å². The lowest BCUT2D eigenvalue weighted by atomic mass is 9.89. The smallest absolute Gasteiger partial charge is 0.276 e. The van der Waals surface area contributed by atoms with Crippen molar-refractivity contribution in [2.75, 3.05) is 13.1 Å². The maximum atomic E-state index is 12.7. The van der Waals surface area contributed by atoms with Crippen molar-refractivity contribution in [2.45, 2.75) is 26.2 Å². The first-order valence-corrected chi connectivity index (χ1v) is 8.74. The molecule has 5 heteroatoms. The second-order valence-electron chi connectivity index (χ2n) is 6.71. The zero-order chi connectivity index (χ0) is 17.2. The van der Waals surface area contributed by atoms with Crippen molar-refractivity contribution >= 4 is 16.8 Å². The highest BCUT2D eigenvalue weighted by atomic mass is 16.3. The van der Waals surface area contributed by atoms with E-state index in [0.29, 0.717) is 17.4 Å². The summed E-state index contributed by atoms with van der Waals surface area (Å²) in [4.78, 5) is 23.1. The number of pyridine rings is 1. The molecule has 1 fully saturated rings. The third-order valence-corrected chi connectivity index (χ3v) is 5.00. The highest BCUT2D eigenvalue weighted by molar-refractivity contribution is 5.93. The van der Waals surface area contributed by atoms with E-state index >= 15 is 0 Å². The molecule has 1 amide bonds. The monoisotopic (exact) mass is 335 g/mol. The van der Waals surface area contributed by atoms with Crippen LogP contribution in [0.1, 0.15) is 34.7 Å². The molecule has 1 atom stereocenters. The molecular formula is C20H21N3O2. The molecule has 0 aliphatic carbocycles. The topological polar surface area (TPSA) is 59.2 Å². The molecule has 0 saturated carbocycles. The Morgan fingerprint density at radius 1 is 1.28 bits per heavy atom. The van der Waals surface area contributed by atoms with Crippen LogP contribution in [0, 0.1) is 12.8 Å². The lowest BCUT2D eigenvalue weighted by Crippen LogP contribution is -2.40. The van der Waals surface area contributed by atoms with Crippen LogP contribution in [0.15, 0.2) is 47.3 Å². The van der Waals surface area contributed by atoms with E-state index in [1.807, 2.05) is 23.2 Å². The van der Waals surface area contributed by atoms with E-state index in [9.17, 15) is 4.79 Å². The van der Waals surface area contributed by atoms with Crippen LogP contribution in [0.2, 0.25) is 0 Å². The lowest BCUT2D eigenvalue weighted by Gasteiger charge is -2.32. The van der Waals surface area contributed by atoms with Crippen LogP contribution in [0.3, 0.4) is 0 Å². The van der Waals surface area contributed by atoms with Gasteiger partial charge in [-0.25, -0.2) is 4.98 Å². The summed E-state index contributed by atoms with van der Waals surface area (Å²) in [5.74, 6) is 1.03. The molecule has 1 unspecified atom stereocenters. The van der Waals surface area contributed by atoms with Crippen molar-refractivity contribution in [2.24, 2.45) is 5.92 Å². The maximum Gasteiger partial charge on any atom is 0.276 e. The van der Waals surface area contributed by atoms with Gasteiger partial charge in [0.2, 0.25) is 0 Å². The zero-order valence-electron chi connectivity index (χ0n) is 14.3. The molecule has 0 N–H and O–H groups in total. The van der Waals surface area contributed by atoms with Crippen LogP contribution in [0.4, 0.5) is 0 Å². The van der Waals surface area contributed by atoms with Crippen molar-refractivity contribution in [1.29, 1.82) is 0 Å². The molecule has 1 saturated heterocycles. The highest BCUT2D eigenvalue weighted by Gasteiger charge is 2.27. The van der Waals surface area contributed by atoms with Crippen LogP contribution in [0.5, 0.6) is 0 Å². The SMILES string of the molecule is Cc1ocnc1C(=O)N1CCCC(Cc2cccc3ncccc23)C1. The van der Waals surface area contributed by atoms with E-state index < -0.39 is 0 Å². The van der Waals surface area contributed by atoms with Crippen LogP contribution >= 0.6 is 0 Å². The van der Waals surface area contributed by atoms with Gasteiger partial charge in [0.1, 0.15) is 5.76 Å². The summed E-state index contributed by atoms with van der Waals surface area (Å²) in [5.41, 5.74) is 2.78. The Bertz CT molecular complexity index is 897. The number of hydrogen-bond acceptors (Lipinski definition) is 4. The Hall–Kier alpha value is -2.69. The van der Waals surface area contributed by atoms with Crippen molar-refractivity contribution in [3.8, 4) is 0 Å². The Labute approximate surface area is 146 Å². The summed E-state index contributed by atoms with van der Waals surface area (Å²) in [7, 11) is 0. The van der Waals surface area contributed by atoms with Gasteiger partial charge in [0, 0.05) is 24.7 Å². The Kier molecular flexibility index (Phi) is 4.22. The number of benzene rings is 1. The van der Waals surface area contributed by atoms with Crippen molar-refractivity contribution in [1.82, 2.24) is 14.9 Å². The summed E-state index contributed by atoms with van der Waals surface area (Å²) < 4.78 is 5.18. The second kappa shape index (κ2) is 6.67. The van der Waals surface area contributed by atoms with Gasteiger partial charge in [-0.3, -0.25) is 9.78 Å². The Balaban J connectivity index is 1.52. The molecule has 2 aromatic heterocycles. The second-order valence-corrected chi connectivity index (χ2v) is 6.71. The normalized spacial score (nSPS) is 17.8. The third-order valence-electron chi connectivity index (χ3n) is 5.00. The maximum absolute atomic E-state index is 12.7. The van der Waals surface area contributed by atoms with Gasteiger partial charge in [-0.05, 0) is 49.8 Å². The number of fused-ring (bicyclic) bond motifs is 1. The van der Waals surface area contributed by atoms with Gasteiger partial charge in [-0.15, -0.1) is 0 Å². The number of hydrogen-bond donors (Lipinski definition) is 0. The van der Waals surface area contributed by atoms with Gasteiger partial charge in [0.05, 0.1) is 5.52 Å². The molecular weight excluding hydrogens is 314 g/mol. The number of amides is 1. The summed E-state index contributed by atoms with van der Waals surface area (Å²) >= 11 is 0. The van der Waals surface area contributed by atoms with Crippen molar-refractivity contribution in [3.05, 3.63) is 59.9 Å². The molecule has 1 aliphatic heterocycles. The minimum atomic E-state index is -0.0180. The van der Waals surface area contributed by atoms with E-state index in [-0.39, 0.29) is 5.91 Å². The van der Waals surface area contributed by atoms with Crippen LogP contribution in [-0.2, 0) is 6.42 Å². The van der Waals surface area contributed by atoms with Gasteiger partial charge >= 0.3 is 0 Å². The molecule has 0 radical (unpaired) electrons. The molecule has 0 spiro atoms. The van der Waals surface area contributed by atoms with E-state index in [1.165, 1.54) is 17.3 Å². The van der Waals surface area contributed by atoms with Crippen LogP contribution in [0.25, 0.3) is 10.9 Å². The number of likely N-dealkylation sites (tertiary alicyclic amines) is 1. The Morgan fingerprint density at radius 2 is 2.20 bits per heavy atom. The summed E-state index contributed by atoms with van der Waals surface area (Å²) in [6.07, 6.45) is 6.29.